The van der Waals surface area contributed by atoms with Crippen molar-refractivity contribution in [2.75, 3.05) is 20.3 Å². The summed E-state index contributed by atoms with van der Waals surface area (Å²) in [6.07, 6.45) is 0. The summed E-state index contributed by atoms with van der Waals surface area (Å²) in [4.78, 5) is 24.8. The van der Waals surface area contributed by atoms with Crippen LogP contribution in [0.15, 0.2) is 29.7 Å². The van der Waals surface area contributed by atoms with E-state index in [-0.39, 0.29) is 30.4 Å². The zero-order valence-corrected chi connectivity index (χ0v) is 14.8. The van der Waals surface area contributed by atoms with Crippen LogP contribution in [0.3, 0.4) is 0 Å². The number of carbonyl (C=O) groups excluding carboxylic acids is 2. The Morgan fingerprint density at radius 1 is 1.31 bits per heavy atom. The van der Waals surface area contributed by atoms with Gasteiger partial charge in [0.25, 0.3) is 0 Å². The van der Waals surface area contributed by atoms with Gasteiger partial charge in [-0.25, -0.2) is 4.79 Å². The van der Waals surface area contributed by atoms with Crippen LogP contribution in [-0.2, 0) is 19.1 Å². The lowest BCUT2D eigenvalue weighted by Crippen LogP contribution is -2.34. The summed E-state index contributed by atoms with van der Waals surface area (Å²) in [6, 6.07) is 6.86. The largest absolute Gasteiger partial charge is 0.493 e. The van der Waals surface area contributed by atoms with Crippen LogP contribution in [0, 0.1) is 17.2 Å². The van der Waals surface area contributed by atoms with Crippen molar-refractivity contribution in [1.82, 2.24) is 0 Å². The Balaban J connectivity index is 2.66. The summed E-state index contributed by atoms with van der Waals surface area (Å²) in [5.74, 6) is -3.46. The molecule has 0 aliphatic carbocycles. The molecule has 138 valence electrons. The maximum absolute atomic E-state index is 12.5. The molecule has 0 amide bonds. The number of carbonyl (C=O) groups is 2. The molecule has 2 N–H and O–H groups in total. The molecule has 1 aliphatic heterocycles. The number of nitriles is 1. The van der Waals surface area contributed by atoms with Gasteiger partial charge in [-0.3, -0.25) is 4.79 Å². The molecule has 0 spiro atoms. The Labute approximate surface area is 151 Å². The molecule has 2 atom stereocenters. The molecule has 0 saturated carbocycles. The predicted octanol–water partition coefficient (Wildman–Crippen LogP) is 1.61. The van der Waals surface area contributed by atoms with Gasteiger partial charge in [0.2, 0.25) is 5.88 Å². The normalized spacial score (nSPS) is 16.6. The number of nitrogens with two attached hydrogens (primary N) is 1. The number of rotatable bonds is 6. The fraction of sp³-hybridized carbons (Fsp3) is 0.389. The molecule has 0 aromatic heterocycles. The highest BCUT2D eigenvalue weighted by Crippen LogP contribution is 2.47. The first kappa shape index (κ1) is 19.1. The van der Waals surface area contributed by atoms with Gasteiger partial charge >= 0.3 is 11.9 Å². The molecule has 8 nitrogen and oxygen atoms in total. The van der Waals surface area contributed by atoms with E-state index >= 15 is 0 Å². The summed E-state index contributed by atoms with van der Waals surface area (Å²) in [5, 5.41) is 9.60. The third-order valence-electron chi connectivity index (χ3n) is 3.86. The van der Waals surface area contributed by atoms with Crippen LogP contribution in [0.1, 0.15) is 25.3 Å². The van der Waals surface area contributed by atoms with Crippen LogP contribution < -0.4 is 15.2 Å². The number of ether oxygens (including phenoxy) is 4. The van der Waals surface area contributed by atoms with Crippen molar-refractivity contribution in [2.45, 2.75) is 19.8 Å². The molecule has 1 aromatic rings. The lowest BCUT2D eigenvalue weighted by molar-refractivity contribution is -0.146. The number of nitrogens with zero attached hydrogens (tertiary/aromatic N) is 1. The van der Waals surface area contributed by atoms with Crippen molar-refractivity contribution in [1.29, 1.82) is 5.26 Å². The van der Waals surface area contributed by atoms with E-state index in [4.69, 9.17) is 24.7 Å². The number of para-hydroxylation sites is 1. The fourth-order valence-electron chi connectivity index (χ4n) is 2.80. The molecule has 8 heteroatoms. The number of benzene rings is 1. The molecule has 0 radical (unpaired) electrons. The Kier molecular flexibility index (Phi) is 6.07. The van der Waals surface area contributed by atoms with Gasteiger partial charge in [-0.2, -0.15) is 5.26 Å². The van der Waals surface area contributed by atoms with E-state index in [1.54, 1.807) is 32.0 Å². The Morgan fingerprint density at radius 3 is 2.58 bits per heavy atom. The van der Waals surface area contributed by atoms with Crippen LogP contribution in [0.4, 0.5) is 0 Å². The van der Waals surface area contributed by atoms with Crippen molar-refractivity contribution in [3.63, 3.8) is 0 Å². The monoisotopic (exact) mass is 360 g/mol. The van der Waals surface area contributed by atoms with Crippen molar-refractivity contribution in [2.24, 2.45) is 11.7 Å². The topological polar surface area (TPSA) is 121 Å². The fourth-order valence-corrected chi connectivity index (χ4v) is 2.80. The summed E-state index contributed by atoms with van der Waals surface area (Å²) in [5.41, 5.74) is 6.27. The molecule has 1 heterocycles. The van der Waals surface area contributed by atoms with E-state index in [0.717, 1.165) is 0 Å². The lowest BCUT2D eigenvalue weighted by Gasteiger charge is -2.30. The minimum absolute atomic E-state index is 0.0905. The van der Waals surface area contributed by atoms with Crippen molar-refractivity contribution >= 4 is 11.9 Å². The van der Waals surface area contributed by atoms with Crippen LogP contribution >= 0.6 is 0 Å². The highest BCUT2D eigenvalue weighted by atomic mass is 16.5. The molecule has 2 unspecified atom stereocenters. The van der Waals surface area contributed by atoms with E-state index in [0.29, 0.717) is 11.3 Å². The smallest absolute Gasteiger partial charge is 0.340 e. The summed E-state index contributed by atoms with van der Waals surface area (Å²) in [6.45, 7) is 3.46. The highest BCUT2D eigenvalue weighted by Gasteiger charge is 2.44. The quantitative estimate of drug-likeness (QED) is 0.760. The van der Waals surface area contributed by atoms with Gasteiger partial charge in [0.05, 0.1) is 32.3 Å². The van der Waals surface area contributed by atoms with Gasteiger partial charge in [0, 0.05) is 5.56 Å². The summed E-state index contributed by atoms with van der Waals surface area (Å²) < 4.78 is 20.9. The second-order valence-corrected chi connectivity index (χ2v) is 5.32. The van der Waals surface area contributed by atoms with E-state index in [1.807, 2.05) is 6.07 Å². The molecular formula is C18H20N2O6. The molecule has 2 rings (SSSR count). The Hall–Kier alpha value is -3.21. The van der Waals surface area contributed by atoms with Gasteiger partial charge in [-0.15, -0.1) is 0 Å². The number of hydrogen-bond acceptors (Lipinski definition) is 8. The van der Waals surface area contributed by atoms with E-state index < -0.39 is 23.8 Å². The minimum Gasteiger partial charge on any atom is -0.493 e. The highest BCUT2D eigenvalue weighted by molar-refractivity contribution is 5.94. The van der Waals surface area contributed by atoms with Crippen molar-refractivity contribution in [3.05, 3.63) is 35.2 Å². The van der Waals surface area contributed by atoms with Crippen molar-refractivity contribution in [3.8, 4) is 17.6 Å². The number of methoxy groups -OCH3 is 1. The lowest BCUT2D eigenvalue weighted by atomic mass is 9.79. The molecule has 1 aromatic carbocycles. The van der Waals surface area contributed by atoms with Crippen LogP contribution in [0.25, 0.3) is 0 Å². The second-order valence-electron chi connectivity index (χ2n) is 5.32. The van der Waals surface area contributed by atoms with E-state index in [2.05, 4.69) is 0 Å². The molecule has 0 fully saturated rings. The van der Waals surface area contributed by atoms with Gasteiger partial charge in [0.15, 0.2) is 17.4 Å². The molecule has 0 bridgehead atoms. The van der Waals surface area contributed by atoms with E-state index in [1.165, 1.54) is 7.11 Å². The Morgan fingerprint density at radius 2 is 2.00 bits per heavy atom. The zero-order chi connectivity index (χ0) is 19.3. The summed E-state index contributed by atoms with van der Waals surface area (Å²) in [7, 11) is 1.45. The number of hydrogen-bond donors (Lipinski definition) is 1. The molecular weight excluding hydrogens is 340 g/mol. The van der Waals surface area contributed by atoms with Gasteiger partial charge in [-0.05, 0) is 19.9 Å². The third-order valence-corrected chi connectivity index (χ3v) is 3.86. The minimum atomic E-state index is -1.30. The summed E-state index contributed by atoms with van der Waals surface area (Å²) >= 11 is 0. The van der Waals surface area contributed by atoms with Gasteiger partial charge < -0.3 is 24.7 Å². The van der Waals surface area contributed by atoms with Crippen molar-refractivity contribution < 1.29 is 28.5 Å². The Bertz CT molecular complexity index is 780. The molecule has 26 heavy (non-hydrogen) atoms. The molecule has 1 aliphatic rings. The average molecular weight is 360 g/mol. The van der Waals surface area contributed by atoms with Gasteiger partial charge in [0.1, 0.15) is 5.57 Å². The van der Waals surface area contributed by atoms with Gasteiger partial charge in [-0.1, -0.05) is 12.1 Å². The maximum atomic E-state index is 12.5. The SMILES string of the molecule is CCOC(=O)C1=C(N)Oc2c(OC)cccc2C1C(C#N)C(=O)OCC. The zero-order valence-electron chi connectivity index (χ0n) is 14.8. The third kappa shape index (κ3) is 3.42. The standard InChI is InChI=1S/C18H20N2O6/c1-4-24-17(21)11(9-19)13-10-7-6-8-12(23-3)15(10)26-16(20)14(13)18(22)25-5-2/h6-8,11,13H,4-5,20H2,1-3H3. The second kappa shape index (κ2) is 8.25. The number of fused-ring (bicyclic) bond motifs is 1. The van der Waals surface area contributed by atoms with Crippen LogP contribution in [-0.4, -0.2) is 32.3 Å². The maximum Gasteiger partial charge on any atom is 0.340 e. The van der Waals surface area contributed by atoms with E-state index in [9.17, 15) is 14.9 Å². The van der Waals surface area contributed by atoms with Crippen LogP contribution in [0.2, 0.25) is 0 Å². The number of esters is 2. The predicted molar refractivity (Wildman–Crippen MR) is 89.9 cm³/mol. The first-order valence-electron chi connectivity index (χ1n) is 8.07. The van der Waals surface area contributed by atoms with Crippen LogP contribution in [0.5, 0.6) is 11.5 Å². The average Bonchev–Trinajstić information content (AvgIpc) is 2.62. The first-order valence-corrected chi connectivity index (χ1v) is 8.07. The molecule has 0 saturated heterocycles. The first-order chi connectivity index (χ1) is 12.5.